The molecular weight excluding hydrogens is 264 g/mol. The van der Waals surface area contributed by atoms with Crippen LogP contribution in [0.25, 0.3) is 0 Å². The molecule has 0 radical (unpaired) electrons. The zero-order valence-corrected chi connectivity index (χ0v) is 11.9. The maximum absolute atomic E-state index is 11.7. The van der Waals surface area contributed by atoms with Gasteiger partial charge in [-0.2, -0.15) is 0 Å². The van der Waals surface area contributed by atoms with Crippen molar-refractivity contribution in [2.24, 2.45) is 5.73 Å². The molecule has 1 heterocycles. The molecule has 0 fully saturated rings. The standard InChI is InChI=1S/C13H20N2O5/c1-4-19-11(10(14)13(17)20-5-2)15-8-6-7-9(15)12(16)18-3/h6-8,10-11H,4-5,14H2,1-3H3. The van der Waals surface area contributed by atoms with Crippen LogP contribution in [0.3, 0.4) is 0 Å². The van der Waals surface area contributed by atoms with Gasteiger partial charge in [0.15, 0.2) is 6.23 Å². The second-order valence-corrected chi connectivity index (χ2v) is 3.92. The van der Waals surface area contributed by atoms with Crippen LogP contribution in [0.15, 0.2) is 18.3 Å². The minimum absolute atomic E-state index is 0.223. The number of esters is 2. The van der Waals surface area contributed by atoms with Crippen molar-refractivity contribution < 1.29 is 23.8 Å². The summed E-state index contributed by atoms with van der Waals surface area (Å²) in [5.41, 5.74) is 6.12. The SMILES string of the molecule is CCOC(=O)C(N)C(OCC)n1cccc1C(=O)OC. The zero-order chi connectivity index (χ0) is 15.1. The molecule has 112 valence electrons. The van der Waals surface area contributed by atoms with Gasteiger partial charge < -0.3 is 24.5 Å². The van der Waals surface area contributed by atoms with E-state index in [-0.39, 0.29) is 12.3 Å². The summed E-state index contributed by atoms with van der Waals surface area (Å²) in [6.45, 7) is 4.01. The van der Waals surface area contributed by atoms with Gasteiger partial charge in [0, 0.05) is 12.8 Å². The first-order chi connectivity index (χ1) is 9.56. The van der Waals surface area contributed by atoms with Gasteiger partial charge in [-0.25, -0.2) is 4.79 Å². The zero-order valence-electron chi connectivity index (χ0n) is 11.9. The summed E-state index contributed by atoms with van der Waals surface area (Å²) >= 11 is 0. The first-order valence-electron chi connectivity index (χ1n) is 6.35. The molecular formula is C13H20N2O5. The highest BCUT2D eigenvalue weighted by Gasteiger charge is 2.30. The molecule has 0 bridgehead atoms. The largest absolute Gasteiger partial charge is 0.465 e. The fourth-order valence-corrected chi connectivity index (χ4v) is 1.78. The van der Waals surface area contributed by atoms with Crippen LogP contribution < -0.4 is 5.73 Å². The molecule has 20 heavy (non-hydrogen) atoms. The molecule has 0 aromatic carbocycles. The lowest BCUT2D eigenvalue weighted by molar-refractivity contribution is -0.151. The van der Waals surface area contributed by atoms with Gasteiger partial charge in [0.05, 0.1) is 13.7 Å². The second-order valence-electron chi connectivity index (χ2n) is 3.92. The molecule has 0 saturated carbocycles. The number of aromatic nitrogens is 1. The molecule has 0 aliphatic heterocycles. The summed E-state index contributed by atoms with van der Waals surface area (Å²) < 4.78 is 16.5. The number of carbonyl (C=O) groups excluding carboxylic acids is 2. The molecule has 7 heteroatoms. The molecule has 2 N–H and O–H groups in total. The van der Waals surface area contributed by atoms with E-state index < -0.39 is 24.2 Å². The van der Waals surface area contributed by atoms with Crippen LogP contribution in [0.5, 0.6) is 0 Å². The number of rotatable bonds is 7. The molecule has 1 rings (SSSR count). The third kappa shape index (κ3) is 3.58. The molecule has 2 unspecified atom stereocenters. The topological polar surface area (TPSA) is 92.8 Å². The van der Waals surface area contributed by atoms with Gasteiger partial charge in [0.25, 0.3) is 0 Å². The maximum atomic E-state index is 11.7. The van der Waals surface area contributed by atoms with E-state index in [9.17, 15) is 9.59 Å². The molecule has 0 amide bonds. The summed E-state index contributed by atoms with van der Waals surface area (Å²) in [5.74, 6) is -1.12. The van der Waals surface area contributed by atoms with Crippen LogP contribution in [0.1, 0.15) is 30.6 Å². The molecule has 1 aromatic heterocycles. The maximum Gasteiger partial charge on any atom is 0.354 e. The van der Waals surface area contributed by atoms with Crippen LogP contribution in [0.2, 0.25) is 0 Å². The Morgan fingerprint density at radius 2 is 2.05 bits per heavy atom. The van der Waals surface area contributed by atoms with Crippen LogP contribution in [-0.4, -0.2) is 42.9 Å². The monoisotopic (exact) mass is 284 g/mol. The van der Waals surface area contributed by atoms with Crippen LogP contribution in [0.4, 0.5) is 0 Å². The highest BCUT2D eigenvalue weighted by molar-refractivity contribution is 5.87. The van der Waals surface area contributed by atoms with Crippen molar-refractivity contribution in [2.75, 3.05) is 20.3 Å². The summed E-state index contributed by atoms with van der Waals surface area (Å²) in [6.07, 6.45) is 0.772. The van der Waals surface area contributed by atoms with Gasteiger partial charge in [-0.15, -0.1) is 0 Å². The van der Waals surface area contributed by atoms with E-state index in [4.69, 9.17) is 15.2 Å². The minimum atomic E-state index is -1.04. The summed E-state index contributed by atoms with van der Waals surface area (Å²) in [6, 6.07) is 2.18. The summed E-state index contributed by atoms with van der Waals surface area (Å²) in [5, 5.41) is 0. The normalized spacial score (nSPS) is 13.6. The van der Waals surface area contributed by atoms with Crippen molar-refractivity contribution in [2.45, 2.75) is 26.1 Å². The minimum Gasteiger partial charge on any atom is -0.465 e. The van der Waals surface area contributed by atoms with E-state index >= 15 is 0 Å². The van der Waals surface area contributed by atoms with Gasteiger partial charge in [0.1, 0.15) is 11.7 Å². The molecule has 0 aliphatic rings. The summed E-state index contributed by atoms with van der Waals surface area (Å²) in [4.78, 5) is 23.4. The van der Waals surface area contributed by atoms with Crippen molar-refractivity contribution in [1.29, 1.82) is 0 Å². The fraction of sp³-hybridized carbons (Fsp3) is 0.538. The number of nitrogens with zero attached hydrogens (tertiary/aromatic N) is 1. The lowest BCUT2D eigenvalue weighted by Crippen LogP contribution is -2.42. The number of carbonyl (C=O) groups is 2. The van der Waals surface area contributed by atoms with Crippen molar-refractivity contribution >= 4 is 11.9 Å². The molecule has 1 aromatic rings. The van der Waals surface area contributed by atoms with Crippen molar-refractivity contribution in [3.8, 4) is 0 Å². The van der Waals surface area contributed by atoms with E-state index in [2.05, 4.69) is 4.74 Å². The first-order valence-corrected chi connectivity index (χ1v) is 6.35. The number of hydrogen-bond acceptors (Lipinski definition) is 6. The Labute approximate surface area is 117 Å². The average Bonchev–Trinajstić information content (AvgIpc) is 2.92. The highest BCUT2D eigenvalue weighted by Crippen LogP contribution is 2.18. The molecule has 0 saturated heterocycles. The van der Waals surface area contributed by atoms with Crippen LogP contribution >= 0.6 is 0 Å². The predicted molar refractivity (Wildman–Crippen MR) is 71.0 cm³/mol. The van der Waals surface area contributed by atoms with Gasteiger partial charge in [0.2, 0.25) is 0 Å². The average molecular weight is 284 g/mol. The Hall–Kier alpha value is -1.86. The Morgan fingerprint density at radius 3 is 2.60 bits per heavy atom. The second kappa shape index (κ2) is 7.66. The van der Waals surface area contributed by atoms with E-state index in [1.165, 1.54) is 11.7 Å². The van der Waals surface area contributed by atoms with Gasteiger partial charge in [-0.3, -0.25) is 4.79 Å². The number of nitrogens with two attached hydrogens (primary N) is 1. The number of ether oxygens (including phenoxy) is 3. The number of methoxy groups -OCH3 is 1. The Balaban J connectivity index is 3.04. The Morgan fingerprint density at radius 1 is 1.35 bits per heavy atom. The molecule has 0 spiro atoms. The van der Waals surface area contributed by atoms with E-state index in [0.29, 0.717) is 6.61 Å². The van der Waals surface area contributed by atoms with E-state index in [1.807, 2.05) is 0 Å². The van der Waals surface area contributed by atoms with Crippen LogP contribution in [0, 0.1) is 0 Å². The summed E-state index contributed by atoms with van der Waals surface area (Å²) in [7, 11) is 1.28. The van der Waals surface area contributed by atoms with Gasteiger partial charge in [-0.1, -0.05) is 0 Å². The van der Waals surface area contributed by atoms with Crippen molar-refractivity contribution in [1.82, 2.24) is 4.57 Å². The smallest absolute Gasteiger partial charge is 0.354 e. The number of hydrogen-bond donors (Lipinski definition) is 1. The lowest BCUT2D eigenvalue weighted by Gasteiger charge is -2.25. The third-order valence-corrected chi connectivity index (χ3v) is 2.65. The third-order valence-electron chi connectivity index (χ3n) is 2.65. The highest BCUT2D eigenvalue weighted by atomic mass is 16.5. The molecule has 2 atom stereocenters. The Bertz CT molecular complexity index is 457. The van der Waals surface area contributed by atoms with Crippen LogP contribution in [-0.2, 0) is 19.0 Å². The van der Waals surface area contributed by atoms with Crippen molar-refractivity contribution in [3.05, 3.63) is 24.0 Å². The Kier molecular flexibility index (Phi) is 6.20. The van der Waals surface area contributed by atoms with E-state index in [0.717, 1.165) is 0 Å². The molecule has 0 aliphatic carbocycles. The predicted octanol–water partition coefficient (Wildman–Crippen LogP) is 0.700. The van der Waals surface area contributed by atoms with Gasteiger partial charge >= 0.3 is 11.9 Å². The lowest BCUT2D eigenvalue weighted by atomic mass is 10.2. The first kappa shape index (κ1) is 16.2. The van der Waals surface area contributed by atoms with Gasteiger partial charge in [-0.05, 0) is 26.0 Å². The fourth-order valence-electron chi connectivity index (χ4n) is 1.78. The van der Waals surface area contributed by atoms with E-state index in [1.54, 1.807) is 32.2 Å². The van der Waals surface area contributed by atoms with Crippen molar-refractivity contribution in [3.63, 3.8) is 0 Å². The quantitative estimate of drug-likeness (QED) is 0.741. The molecule has 7 nitrogen and oxygen atoms in total.